The van der Waals surface area contributed by atoms with Crippen LogP contribution in [0.2, 0.25) is 0 Å². The first-order valence-electron chi connectivity index (χ1n) is 4.57. The fourth-order valence-corrected chi connectivity index (χ4v) is 1.53. The molecule has 0 aliphatic carbocycles. The van der Waals surface area contributed by atoms with E-state index >= 15 is 0 Å². The molecule has 0 spiro atoms. The van der Waals surface area contributed by atoms with E-state index in [2.05, 4.69) is 10.2 Å². The Balaban J connectivity index is 2.57. The van der Waals surface area contributed by atoms with Gasteiger partial charge in [-0.05, 0) is 6.07 Å². The zero-order chi connectivity index (χ0) is 11.7. The van der Waals surface area contributed by atoms with Crippen LogP contribution in [0.25, 0.3) is 10.9 Å². The lowest BCUT2D eigenvalue weighted by atomic mass is 10.1. The number of aromatic nitrogens is 2. The molecule has 0 amide bonds. The third kappa shape index (κ3) is 1.65. The van der Waals surface area contributed by atoms with Crippen molar-refractivity contribution in [1.82, 2.24) is 10.2 Å². The van der Waals surface area contributed by atoms with Gasteiger partial charge in [0, 0.05) is 11.5 Å². The minimum atomic E-state index is -0.947. The largest absolute Gasteiger partial charge is 0.504 e. The van der Waals surface area contributed by atoms with Crippen molar-refractivity contribution in [1.29, 1.82) is 0 Å². The average molecular weight is 222 g/mol. The lowest BCUT2D eigenvalue weighted by Crippen LogP contribution is -2.00. The minimum absolute atomic E-state index is 0.0247. The van der Waals surface area contributed by atoms with Gasteiger partial charge in [-0.3, -0.25) is 9.89 Å². The Labute approximate surface area is 90.5 Å². The Morgan fingerprint density at radius 1 is 1.56 bits per heavy atom. The number of fused-ring (bicyclic) bond motifs is 1. The smallest absolute Gasteiger partial charge is 0.309 e. The number of benzene rings is 1. The lowest BCUT2D eigenvalue weighted by molar-refractivity contribution is -0.136. The van der Waals surface area contributed by atoms with Crippen molar-refractivity contribution in [3.63, 3.8) is 0 Å². The van der Waals surface area contributed by atoms with Gasteiger partial charge in [0.05, 0.1) is 24.7 Å². The first-order valence-corrected chi connectivity index (χ1v) is 4.57. The average Bonchev–Trinajstić information content (AvgIpc) is 2.59. The monoisotopic (exact) mass is 222 g/mol. The molecule has 0 radical (unpaired) electrons. The van der Waals surface area contributed by atoms with E-state index in [1.54, 1.807) is 6.07 Å². The summed E-state index contributed by atoms with van der Waals surface area (Å²) in [6, 6.07) is 2.99. The summed E-state index contributed by atoms with van der Waals surface area (Å²) in [6.45, 7) is 0. The van der Waals surface area contributed by atoms with E-state index in [4.69, 9.17) is 9.84 Å². The number of carboxylic acid groups (broad SMARTS) is 1. The second-order valence-electron chi connectivity index (χ2n) is 3.31. The molecule has 1 aromatic carbocycles. The van der Waals surface area contributed by atoms with E-state index in [1.165, 1.54) is 13.2 Å². The van der Waals surface area contributed by atoms with E-state index in [0.717, 1.165) is 0 Å². The number of aliphatic carboxylic acids is 1. The first kappa shape index (κ1) is 10.3. The topological polar surface area (TPSA) is 95.4 Å². The summed E-state index contributed by atoms with van der Waals surface area (Å²) in [5.41, 5.74) is 0.996. The number of ether oxygens (including phenoxy) is 1. The highest BCUT2D eigenvalue weighted by atomic mass is 16.5. The van der Waals surface area contributed by atoms with Gasteiger partial charge in [-0.15, -0.1) is 0 Å². The van der Waals surface area contributed by atoms with Crippen LogP contribution in [0.5, 0.6) is 11.5 Å². The summed E-state index contributed by atoms with van der Waals surface area (Å²) in [5.74, 6) is -0.679. The summed E-state index contributed by atoms with van der Waals surface area (Å²) in [4.78, 5) is 10.6. The summed E-state index contributed by atoms with van der Waals surface area (Å²) < 4.78 is 4.94. The quantitative estimate of drug-likeness (QED) is 0.717. The maximum absolute atomic E-state index is 10.6. The highest BCUT2D eigenvalue weighted by molar-refractivity contribution is 5.87. The van der Waals surface area contributed by atoms with Gasteiger partial charge in [0.25, 0.3) is 0 Å². The number of phenols is 1. The molecule has 0 unspecified atom stereocenters. The Morgan fingerprint density at radius 3 is 2.94 bits per heavy atom. The molecule has 3 N–H and O–H groups in total. The van der Waals surface area contributed by atoms with Crippen LogP contribution in [-0.4, -0.2) is 33.5 Å². The fraction of sp³-hybridized carbons (Fsp3) is 0.200. The van der Waals surface area contributed by atoms with Crippen LogP contribution in [0, 0.1) is 0 Å². The number of hydrogen-bond donors (Lipinski definition) is 3. The van der Waals surface area contributed by atoms with Crippen molar-refractivity contribution in [3.05, 3.63) is 17.8 Å². The van der Waals surface area contributed by atoms with Crippen molar-refractivity contribution in [2.75, 3.05) is 7.11 Å². The van der Waals surface area contributed by atoms with Gasteiger partial charge < -0.3 is 14.9 Å². The number of aromatic amines is 1. The number of H-pyrrole nitrogens is 1. The molecule has 0 aliphatic heterocycles. The summed E-state index contributed by atoms with van der Waals surface area (Å²) in [6.07, 6.45) is -0.148. The molecule has 0 fully saturated rings. The first-order chi connectivity index (χ1) is 7.61. The maximum atomic E-state index is 10.6. The van der Waals surface area contributed by atoms with Gasteiger partial charge >= 0.3 is 5.97 Å². The van der Waals surface area contributed by atoms with Crippen LogP contribution in [-0.2, 0) is 11.2 Å². The molecule has 6 nitrogen and oxygen atoms in total. The molecular weight excluding hydrogens is 212 g/mol. The van der Waals surface area contributed by atoms with E-state index in [9.17, 15) is 9.90 Å². The molecule has 2 aromatic rings. The number of phenolic OH excluding ortho intramolecular Hbond substituents is 1. The number of nitrogens with one attached hydrogen (secondary N) is 1. The highest BCUT2D eigenvalue weighted by Gasteiger charge is 2.12. The normalized spacial score (nSPS) is 10.6. The summed E-state index contributed by atoms with van der Waals surface area (Å²) >= 11 is 0. The molecule has 0 aliphatic rings. The Morgan fingerprint density at radius 2 is 2.31 bits per heavy atom. The highest BCUT2D eigenvalue weighted by Crippen LogP contribution is 2.31. The molecular formula is C10H10N2O4. The van der Waals surface area contributed by atoms with Gasteiger partial charge in [-0.25, -0.2) is 0 Å². The Kier molecular flexibility index (Phi) is 2.40. The number of carbonyl (C=O) groups is 1. The zero-order valence-corrected chi connectivity index (χ0v) is 8.52. The molecule has 2 rings (SSSR count). The number of aromatic hydroxyl groups is 1. The van der Waals surface area contributed by atoms with E-state index in [-0.39, 0.29) is 12.2 Å². The lowest BCUT2D eigenvalue weighted by Gasteiger charge is -2.02. The number of nitrogens with zero attached hydrogens (tertiary/aromatic N) is 1. The third-order valence-electron chi connectivity index (χ3n) is 2.26. The summed E-state index contributed by atoms with van der Waals surface area (Å²) in [7, 11) is 1.43. The maximum Gasteiger partial charge on any atom is 0.309 e. The van der Waals surface area contributed by atoms with Crippen LogP contribution in [0.4, 0.5) is 0 Å². The molecule has 6 heteroatoms. The van der Waals surface area contributed by atoms with Crippen LogP contribution in [0.1, 0.15) is 5.69 Å². The van der Waals surface area contributed by atoms with Crippen molar-refractivity contribution in [2.45, 2.75) is 6.42 Å². The molecule has 1 heterocycles. The van der Waals surface area contributed by atoms with Crippen molar-refractivity contribution in [3.8, 4) is 11.5 Å². The van der Waals surface area contributed by atoms with Gasteiger partial charge in [0.15, 0.2) is 11.5 Å². The fourth-order valence-electron chi connectivity index (χ4n) is 1.53. The van der Waals surface area contributed by atoms with Gasteiger partial charge in [0.2, 0.25) is 0 Å². The molecule has 0 bridgehead atoms. The standard InChI is InChI=1S/C10H10N2O4/c1-16-9-2-5-6(3-8(9)13)11-12-7(5)4-10(14)15/h2-3,13H,4H2,1H3,(H,11,12)(H,14,15). The van der Waals surface area contributed by atoms with Crippen LogP contribution >= 0.6 is 0 Å². The molecule has 1 aromatic heterocycles. The zero-order valence-electron chi connectivity index (χ0n) is 8.52. The second kappa shape index (κ2) is 3.73. The number of methoxy groups -OCH3 is 1. The predicted molar refractivity (Wildman–Crippen MR) is 55.7 cm³/mol. The summed E-state index contributed by atoms with van der Waals surface area (Å²) in [5, 5.41) is 25.4. The van der Waals surface area contributed by atoms with Gasteiger partial charge in [0.1, 0.15) is 0 Å². The third-order valence-corrected chi connectivity index (χ3v) is 2.26. The van der Waals surface area contributed by atoms with Crippen molar-refractivity contribution in [2.24, 2.45) is 0 Å². The number of carboxylic acids is 1. The van der Waals surface area contributed by atoms with E-state index in [0.29, 0.717) is 22.3 Å². The molecule has 0 atom stereocenters. The Bertz CT molecular complexity index is 547. The number of hydrogen-bond acceptors (Lipinski definition) is 4. The molecule has 0 saturated heterocycles. The van der Waals surface area contributed by atoms with Crippen LogP contribution in [0.15, 0.2) is 12.1 Å². The van der Waals surface area contributed by atoms with Crippen molar-refractivity contribution < 1.29 is 19.7 Å². The molecule has 0 saturated carbocycles. The second-order valence-corrected chi connectivity index (χ2v) is 3.31. The molecule has 16 heavy (non-hydrogen) atoms. The van der Waals surface area contributed by atoms with Crippen molar-refractivity contribution >= 4 is 16.9 Å². The predicted octanol–water partition coefficient (Wildman–Crippen LogP) is 0.904. The van der Waals surface area contributed by atoms with E-state index < -0.39 is 5.97 Å². The number of rotatable bonds is 3. The van der Waals surface area contributed by atoms with Gasteiger partial charge in [-0.2, -0.15) is 5.10 Å². The Hall–Kier alpha value is -2.24. The van der Waals surface area contributed by atoms with Crippen LogP contribution < -0.4 is 4.74 Å². The van der Waals surface area contributed by atoms with Gasteiger partial charge in [-0.1, -0.05) is 0 Å². The van der Waals surface area contributed by atoms with E-state index in [1.807, 2.05) is 0 Å². The minimum Gasteiger partial charge on any atom is -0.504 e. The molecule has 84 valence electrons. The SMILES string of the molecule is COc1cc2c(CC(=O)O)[nH]nc2cc1O. The van der Waals surface area contributed by atoms with Crippen LogP contribution in [0.3, 0.4) is 0 Å².